The summed E-state index contributed by atoms with van der Waals surface area (Å²) in [5.74, 6) is 2.54. The third-order valence-corrected chi connectivity index (χ3v) is 7.11. The van der Waals surface area contributed by atoms with Crippen LogP contribution in [0.15, 0.2) is 18.2 Å². The van der Waals surface area contributed by atoms with E-state index >= 15 is 0 Å². The molecule has 1 aliphatic carbocycles. The topological polar surface area (TPSA) is 79.7 Å². The number of nitrogens with zero attached hydrogens (tertiary/aromatic N) is 2. The molecule has 3 aliphatic rings. The highest BCUT2D eigenvalue weighted by atomic mass is 32.2. The summed E-state index contributed by atoms with van der Waals surface area (Å²) >= 11 is 0. The van der Waals surface area contributed by atoms with Crippen molar-refractivity contribution in [2.45, 2.75) is 26.2 Å². The molecule has 3 heterocycles. The average Bonchev–Trinajstić information content (AvgIpc) is 3.23. The van der Waals surface area contributed by atoms with E-state index in [1.54, 1.807) is 16.5 Å². The van der Waals surface area contributed by atoms with Gasteiger partial charge in [-0.2, -0.15) is 0 Å². The van der Waals surface area contributed by atoms with Gasteiger partial charge in [-0.3, -0.25) is 4.98 Å². The maximum Gasteiger partial charge on any atom is 0.552 e. The van der Waals surface area contributed by atoms with Crippen LogP contribution in [0.4, 0.5) is 0 Å². The van der Waals surface area contributed by atoms with Gasteiger partial charge in [0.05, 0.1) is 17.6 Å². The summed E-state index contributed by atoms with van der Waals surface area (Å²) in [5, 5.41) is 10.1. The maximum absolute atomic E-state index is 12.4. The number of hydrogen-bond donors (Lipinski definition) is 1. The molecule has 4 rings (SSSR count). The summed E-state index contributed by atoms with van der Waals surface area (Å²) in [6, 6.07) is 0. The van der Waals surface area contributed by atoms with Gasteiger partial charge >= 0.3 is 7.12 Å². The first-order valence-corrected chi connectivity index (χ1v) is 10.3. The minimum Gasteiger partial charge on any atom is -0.531 e. The molecule has 0 amide bonds. The van der Waals surface area contributed by atoms with Crippen molar-refractivity contribution in [3.05, 3.63) is 35.1 Å². The van der Waals surface area contributed by atoms with Crippen LogP contribution in [-0.4, -0.2) is 48.7 Å². The molecule has 132 valence electrons. The third-order valence-electron chi connectivity index (χ3n) is 5.06. The first kappa shape index (κ1) is 16.8. The Labute approximate surface area is 148 Å². The van der Waals surface area contributed by atoms with Crippen LogP contribution in [0.2, 0.25) is 0 Å². The van der Waals surface area contributed by atoms with E-state index in [4.69, 9.17) is 4.65 Å². The maximum atomic E-state index is 12.4. The molecule has 0 spiro atoms. The predicted octanol–water partition coefficient (Wildman–Crippen LogP) is 1.51. The Bertz CT molecular complexity index is 866. The Balaban J connectivity index is 1.68. The van der Waals surface area contributed by atoms with Crippen molar-refractivity contribution in [1.29, 1.82) is 0 Å². The number of hydrogen-bond acceptors (Lipinski definition) is 5. The second kappa shape index (κ2) is 6.27. The summed E-state index contributed by atoms with van der Waals surface area (Å²) in [6.45, 7) is 2.86. The Morgan fingerprint density at radius 1 is 1.48 bits per heavy atom. The zero-order valence-corrected chi connectivity index (χ0v) is 15.0. The van der Waals surface area contributed by atoms with Crippen molar-refractivity contribution in [1.82, 2.24) is 9.29 Å². The summed E-state index contributed by atoms with van der Waals surface area (Å²) in [4.78, 5) is 4.41. The fourth-order valence-electron chi connectivity index (χ4n) is 3.93. The van der Waals surface area contributed by atoms with Gasteiger partial charge in [-0.15, -0.1) is 0 Å². The fourth-order valence-corrected chi connectivity index (χ4v) is 5.49. The van der Waals surface area contributed by atoms with Crippen LogP contribution in [0.1, 0.15) is 36.6 Å². The van der Waals surface area contributed by atoms with Gasteiger partial charge in [0.25, 0.3) is 0 Å². The molecular weight excluding hydrogens is 339 g/mol. The van der Waals surface area contributed by atoms with Gasteiger partial charge in [0, 0.05) is 30.6 Å². The summed E-state index contributed by atoms with van der Waals surface area (Å²) in [7, 11) is -4.22. The number of allylic oxidation sites excluding steroid dienone is 1. The van der Waals surface area contributed by atoms with E-state index in [-0.39, 0.29) is 11.7 Å². The smallest absolute Gasteiger partial charge is 0.531 e. The zero-order chi connectivity index (χ0) is 17.6. The third kappa shape index (κ3) is 2.92. The van der Waals surface area contributed by atoms with Gasteiger partial charge in [0.15, 0.2) is 0 Å². The lowest BCUT2D eigenvalue weighted by atomic mass is 9.76. The van der Waals surface area contributed by atoms with Gasteiger partial charge in [0.1, 0.15) is 5.75 Å². The molecule has 0 aromatic carbocycles. The molecule has 1 fully saturated rings. The number of pyridine rings is 1. The van der Waals surface area contributed by atoms with E-state index in [9.17, 15) is 13.4 Å². The number of rotatable bonds is 4. The van der Waals surface area contributed by atoms with Crippen molar-refractivity contribution in [3.8, 4) is 5.75 Å². The van der Waals surface area contributed by atoms with Crippen LogP contribution in [0.3, 0.4) is 0 Å². The van der Waals surface area contributed by atoms with Crippen LogP contribution >= 0.6 is 0 Å². The lowest BCUT2D eigenvalue weighted by Crippen LogP contribution is -2.31. The Morgan fingerprint density at radius 2 is 2.32 bits per heavy atom. The van der Waals surface area contributed by atoms with Crippen LogP contribution in [0.5, 0.6) is 5.75 Å². The molecule has 25 heavy (non-hydrogen) atoms. The molecule has 0 saturated carbocycles. The minimum atomic E-state index is -3.20. The minimum absolute atomic E-state index is 0.0597. The summed E-state index contributed by atoms with van der Waals surface area (Å²) < 4.78 is 31.9. The van der Waals surface area contributed by atoms with Crippen molar-refractivity contribution in [2.75, 3.05) is 18.8 Å². The molecule has 0 radical (unpaired) electrons. The molecule has 1 aromatic rings. The van der Waals surface area contributed by atoms with Gasteiger partial charge in [-0.05, 0) is 30.3 Å². The van der Waals surface area contributed by atoms with E-state index in [0.29, 0.717) is 25.3 Å². The van der Waals surface area contributed by atoms with Gasteiger partial charge in [0.2, 0.25) is 10.0 Å². The Hall–Kier alpha value is -1.64. The molecule has 6 nitrogen and oxygen atoms in total. The van der Waals surface area contributed by atoms with Crippen molar-refractivity contribution in [2.24, 2.45) is 5.92 Å². The monoisotopic (exact) mass is 360 g/mol. The van der Waals surface area contributed by atoms with Crippen LogP contribution in [0, 0.1) is 5.92 Å². The molecule has 8 heteroatoms. The van der Waals surface area contributed by atoms with Gasteiger partial charge < -0.3 is 9.68 Å². The van der Waals surface area contributed by atoms with Crippen molar-refractivity contribution in [3.63, 3.8) is 0 Å². The Kier molecular flexibility index (Phi) is 4.21. The molecule has 2 aliphatic heterocycles. The SMILES string of the molecule is CCCS(=O)(=O)N1CCC(C2=CB(O)Oc3cnc4c(c32)C=CC4)C1. The highest BCUT2D eigenvalue weighted by molar-refractivity contribution is 7.89. The van der Waals surface area contributed by atoms with Gasteiger partial charge in [-0.25, -0.2) is 12.7 Å². The number of sulfonamides is 1. The molecule has 1 unspecified atom stereocenters. The molecule has 1 saturated heterocycles. The van der Waals surface area contributed by atoms with E-state index < -0.39 is 17.1 Å². The zero-order valence-electron chi connectivity index (χ0n) is 14.2. The van der Waals surface area contributed by atoms with E-state index in [0.717, 1.165) is 35.2 Å². The highest BCUT2D eigenvalue weighted by Gasteiger charge is 2.37. The molecule has 0 bridgehead atoms. The molecule has 1 N–H and O–H groups in total. The molecule has 1 atom stereocenters. The number of aromatic nitrogens is 1. The second-order valence-electron chi connectivity index (χ2n) is 6.75. The van der Waals surface area contributed by atoms with Crippen molar-refractivity contribution >= 4 is 28.8 Å². The normalized spacial score (nSPS) is 22.6. The van der Waals surface area contributed by atoms with Gasteiger partial charge in [-0.1, -0.05) is 19.1 Å². The molecule has 1 aromatic heterocycles. The van der Waals surface area contributed by atoms with Crippen molar-refractivity contribution < 1.29 is 18.1 Å². The largest absolute Gasteiger partial charge is 0.552 e. The van der Waals surface area contributed by atoms with Crippen LogP contribution in [0.25, 0.3) is 11.6 Å². The summed E-state index contributed by atoms with van der Waals surface area (Å²) in [6.07, 6.45) is 7.93. The lowest BCUT2D eigenvalue weighted by Gasteiger charge is -2.26. The standard InChI is InChI=1S/C17H21BN2O4S/c1-2-8-25(22,23)20-7-6-12(11-20)14-9-18(21)24-16-10-19-15-5-3-4-13(15)17(14)16/h3-4,9-10,12,21H,2,5-8,11H2,1H3. The average molecular weight is 360 g/mol. The van der Waals surface area contributed by atoms with E-state index in [2.05, 4.69) is 11.1 Å². The number of fused-ring (bicyclic) bond motifs is 3. The van der Waals surface area contributed by atoms with Crippen LogP contribution in [-0.2, 0) is 16.4 Å². The van der Waals surface area contributed by atoms with E-state index in [1.807, 2.05) is 13.0 Å². The highest BCUT2D eigenvalue weighted by Crippen LogP contribution is 2.43. The van der Waals surface area contributed by atoms with E-state index in [1.165, 1.54) is 0 Å². The first-order valence-electron chi connectivity index (χ1n) is 8.72. The predicted molar refractivity (Wildman–Crippen MR) is 97.3 cm³/mol. The fraction of sp³-hybridized carbons (Fsp3) is 0.471. The molecular formula is C17H21BN2O4S. The van der Waals surface area contributed by atoms with Crippen LogP contribution < -0.4 is 4.65 Å². The second-order valence-corrected chi connectivity index (χ2v) is 8.84. The summed E-state index contributed by atoms with van der Waals surface area (Å²) in [5.41, 5.74) is 3.97. The lowest BCUT2D eigenvalue weighted by molar-refractivity contribution is 0.424. The first-order chi connectivity index (χ1) is 12.0. The Morgan fingerprint density at radius 3 is 3.12 bits per heavy atom. The quantitative estimate of drug-likeness (QED) is 0.824.